The fourth-order valence-electron chi connectivity index (χ4n) is 4.46. The number of pyridine rings is 1. The molecule has 4 heterocycles. The monoisotopic (exact) mass is 525 g/mol. The number of anilines is 4. The van der Waals surface area contributed by atoms with E-state index >= 15 is 0 Å². The van der Waals surface area contributed by atoms with Gasteiger partial charge in [-0.2, -0.15) is 0 Å². The van der Waals surface area contributed by atoms with Crippen molar-refractivity contribution in [3.05, 3.63) is 89.6 Å². The summed E-state index contributed by atoms with van der Waals surface area (Å²) in [6.07, 6.45) is 3.91. The van der Waals surface area contributed by atoms with Crippen molar-refractivity contribution in [2.24, 2.45) is 0 Å². The number of ether oxygens (including phenoxy) is 1. The van der Waals surface area contributed by atoms with Crippen LogP contribution in [0.15, 0.2) is 78.4 Å². The van der Waals surface area contributed by atoms with E-state index in [0.29, 0.717) is 16.9 Å². The molecule has 192 valence electrons. The third-order valence-electron chi connectivity index (χ3n) is 6.49. The molecule has 1 aliphatic rings. The summed E-state index contributed by atoms with van der Waals surface area (Å²) in [7, 11) is 0. The van der Waals surface area contributed by atoms with Crippen molar-refractivity contribution in [2.75, 3.05) is 42.7 Å². The maximum atomic E-state index is 12.6. The molecule has 0 bridgehead atoms. The van der Waals surface area contributed by atoms with Gasteiger partial charge >= 0.3 is 0 Å². The molecule has 3 aromatic heterocycles. The molecular weight excluding hydrogens is 498 g/mol. The van der Waals surface area contributed by atoms with Gasteiger partial charge in [0.05, 0.1) is 36.5 Å². The standard InChI is InChI=1S/C28H27N7O2S/c29-22-5-1-2-6-23(22)32-27(36)19-7-9-21(10-8-19)31-28-33-24(18-38-28)25-16-30-26-20(4-3-11-35(25)26)17-34-12-14-37-15-13-34/h1-11,16,18H,12-15,17,29H2,(H,31,33)(H,32,36). The molecule has 0 aliphatic carbocycles. The molecule has 10 heteroatoms. The Hall–Kier alpha value is -4.25. The molecule has 4 N–H and O–H groups in total. The Kier molecular flexibility index (Phi) is 6.74. The van der Waals surface area contributed by atoms with Gasteiger partial charge in [0.15, 0.2) is 5.13 Å². The van der Waals surface area contributed by atoms with E-state index in [9.17, 15) is 4.79 Å². The van der Waals surface area contributed by atoms with E-state index in [1.165, 1.54) is 16.9 Å². The first-order chi connectivity index (χ1) is 18.6. The van der Waals surface area contributed by atoms with Gasteiger partial charge in [-0.1, -0.05) is 18.2 Å². The van der Waals surface area contributed by atoms with E-state index in [1.54, 1.807) is 24.3 Å². The van der Waals surface area contributed by atoms with Gasteiger partial charge < -0.3 is 21.1 Å². The Morgan fingerprint density at radius 3 is 2.68 bits per heavy atom. The highest BCUT2D eigenvalue weighted by Gasteiger charge is 2.16. The lowest BCUT2D eigenvalue weighted by Crippen LogP contribution is -2.35. The van der Waals surface area contributed by atoms with Crippen molar-refractivity contribution in [3.8, 4) is 11.4 Å². The number of carbonyl (C=O) groups excluding carboxylic acids is 1. The summed E-state index contributed by atoms with van der Waals surface area (Å²) in [5, 5.41) is 8.96. The van der Waals surface area contributed by atoms with E-state index in [4.69, 9.17) is 20.4 Å². The molecular formula is C28H27N7O2S. The van der Waals surface area contributed by atoms with Crippen LogP contribution < -0.4 is 16.4 Å². The lowest BCUT2D eigenvalue weighted by atomic mass is 10.2. The topological polar surface area (TPSA) is 110 Å². The number of aromatic nitrogens is 3. The third kappa shape index (κ3) is 5.10. The van der Waals surface area contributed by atoms with Crippen LogP contribution in [0.4, 0.5) is 22.2 Å². The fourth-order valence-corrected chi connectivity index (χ4v) is 5.19. The van der Waals surface area contributed by atoms with Crippen LogP contribution in [0.25, 0.3) is 17.0 Å². The second-order valence-corrected chi connectivity index (χ2v) is 9.90. The smallest absolute Gasteiger partial charge is 0.255 e. The predicted octanol–water partition coefficient (Wildman–Crippen LogP) is 4.87. The zero-order valence-electron chi connectivity index (χ0n) is 20.6. The number of thiazole rings is 1. The fraction of sp³-hybridized carbons (Fsp3) is 0.179. The highest BCUT2D eigenvalue weighted by molar-refractivity contribution is 7.14. The van der Waals surface area contributed by atoms with Gasteiger partial charge in [0, 0.05) is 48.0 Å². The second-order valence-electron chi connectivity index (χ2n) is 9.04. The Bertz CT molecular complexity index is 1570. The van der Waals surface area contributed by atoms with E-state index in [-0.39, 0.29) is 5.91 Å². The van der Waals surface area contributed by atoms with Crippen LogP contribution >= 0.6 is 11.3 Å². The van der Waals surface area contributed by atoms with Crippen molar-refractivity contribution in [1.29, 1.82) is 0 Å². The number of carbonyl (C=O) groups is 1. The molecule has 9 nitrogen and oxygen atoms in total. The van der Waals surface area contributed by atoms with Crippen LogP contribution in [-0.4, -0.2) is 51.5 Å². The summed E-state index contributed by atoms with van der Waals surface area (Å²) in [5.74, 6) is -0.216. The van der Waals surface area contributed by atoms with Gasteiger partial charge in [0.1, 0.15) is 11.3 Å². The zero-order chi connectivity index (χ0) is 25.9. The van der Waals surface area contributed by atoms with Gasteiger partial charge in [-0.3, -0.25) is 14.1 Å². The summed E-state index contributed by atoms with van der Waals surface area (Å²) in [6.45, 7) is 4.26. The Morgan fingerprint density at radius 2 is 1.87 bits per heavy atom. The Morgan fingerprint density at radius 1 is 1.05 bits per heavy atom. The number of nitrogens with zero attached hydrogens (tertiary/aromatic N) is 4. The third-order valence-corrected chi connectivity index (χ3v) is 7.25. The second kappa shape index (κ2) is 10.6. The van der Waals surface area contributed by atoms with E-state index in [1.807, 2.05) is 42.0 Å². The molecule has 1 fully saturated rings. The summed E-state index contributed by atoms with van der Waals surface area (Å²) in [5.41, 5.74) is 12.4. The normalized spacial score (nSPS) is 14.0. The molecule has 6 rings (SSSR count). The number of benzene rings is 2. The Balaban J connectivity index is 1.14. The van der Waals surface area contributed by atoms with Crippen LogP contribution in [0.5, 0.6) is 0 Å². The first kappa shape index (κ1) is 24.1. The summed E-state index contributed by atoms with van der Waals surface area (Å²) in [6, 6.07) is 18.6. The largest absolute Gasteiger partial charge is 0.397 e. The molecule has 0 spiro atoms. The summed E-state index contributed by atoms with van der Waals surface area (Å²) >= 11 is 1.52. The minimum atomic E-state index is -0.216. The zero-order valence-corrected chi connectivity index (χ0v) is 21.4. The SMILES string of the molecule is Nc1ccccc1NC(=O)c1ccc(Nc2nc(-c3cnc4c(CN5CCOCC5)cccn34)cs2)cc1. The van der Waals surface area contributed by atoms with Gasteiger partial charge in [-0.05, 0) is 42.5 Å². The molecule has 5 aromatic rings. The lowest BCUT2D eigenvalue weighted by molar-refractivity contribution is 0.0343. The van der Waals surface area contributed by atoms with Crippen LogP contribution in [0.2, 0.25) is 0 Å². The van der Waals surface area contributed by atoms with E-state index in [0.717, 1.165) is 60.7 Å². The van der Waals surface area contributed by atoms with Crippen molar-refractivity contribution in [1.82, 2.24) is 19.3 Å². The number of hydrogen-bond acceptors (Lipinski definition) is 8. The van der Waals surface area contributed by atoms with E-state index in [2.05, 4.69) is 32.1 Å². The van der Waals surface area contributed by atoms with E-state index < -0.39 is 0 Å². The maximum absolute atomic E-state index is 12.6. The number of fused-ring (bicyclic) bond motifs is 1. The molecule has 1 amide bonds. The number of amides is 1. The predicted molar refractivity (Wildman–Crippen MR) is 151 cm³/mol. The number of para-hydroxylation sites is 2. The molecule has 1 aliphatic heterocycles. The number of nitrogens with one attached hydrogen (secondary N) is 2. The molecule has 0 atom stereocenters. The molecule has 38 heavy (non-hydrogen) atoms. The quantitative estimate of drug-likeness (QED) is 0.260. The van der Waals surface area contributed by atoms with Crippen LogP contribution in [-0.2, 0) is 11.3 Å². The van der Waals surface area contributed by atoms with Crippen LogP contribution in [0.3, 0.4) is 0 Å². The Labute approximate surface area is 223 Å². The molecule has 0 radical (unpaired) electrons. The minimum absolute atomic E-state index is 0.216. The van der Waals surface area contributed by atoms with Crippen molar-refractivity contribution in [2.45, 2.75) is 6.54 Å². The number of rotatable bonds is 7. The number of hydrogen-bond donors (Lipinski definition) is 3. The average Bonchev–Trinajstić information content (AvgIpc) is 3.58. The average molecular weight is 526 g/mol. The number of nitrogen functional groups attached to an aromatic ring is 1. The maximum Gasteiger partial charge on any atom is 0.255 e. The van der Waals surface area contributed by atoms with Crippen LogP contribution in [0, 0.1) is 0 Å². The summed E-state index contributed by atoms with van der Waals surface area (Å²) < 4.78 is 7.57. The van der Waals surface area contributed by atoms with Gasteiger partial charge in [-0.15, -0.1) is 11.3 Å². The van der Waals surface area contributed by atoms with Gasteiger partial charge in [-0.25, -0.2) is 9.97 Å². The number of morpholine rings is 1. The van der Waals surface area contributed by atoms with Crippen molar-refractivity contribution in [3.63, 3.8) is 0 Å². The van der Waals surface area contributed by atoms with Crippen molar-refractivity contribution < 1.29 is 9.53 Å². The minimum Gasteiger partial charge on any atom is -0.397 e. The van der Waals surface area contributed by atoms with Gasteiger partial charge in [0.25, 0.3) is 5.91 Å². The van der Waals surface area contributed by atoms with Crippen LogP contribution in [0.1, 0.15) is 15.9 Å². The molecule has 0 saturated carbocycles. The first-order valence-electron chi connectivity index (χ1n) is 12.4. The van der Waals surface area contributed by atoms with Crippen molar-refractivity contribution >= 4 is 45.1 Å². The number of imidazole rings is 1. The molecule has 0 unspecified atom stereocenters. The lowest BCUT2D eigenvalue weighted by Gasteiger charge is -2.26. The highest BCUT2D eigenvalue weighted by Crippen LogP contribution is 2.29. The molecule has 2 aromatic carbocycles. The highest BCUT2D eigenvalue weighted by atomic mass is 32.1. The molecule has 1 saturated heterocycles. The number of nitrogens with two attached hydrogens (primary N) is 1. The first-order valence-corrected chi connectivity index (χ1v) is 13.3. The van der Waals surface area contributed by atoms with Gasteiger partial charge in [0.2, 0.25) is 0 Å². The summed E-state index contributed by atoms with van der Waals surface area (Å²) in [4.78, 5) is 24.5.